The lowest BCUT2D eigenvalue weighted by atomic mass is 10.2. The van der Waals surface area contributed by atoms with Crippen molar-refractivity contribution in [1.82, 2.24) is 9.88 Å². The van der Waals surface area contributed by atoms with Crippen molar-refractivity contribution >= 4 is 35.2 Å². The highest BCUT2D eigenvalue weighted by Crippen LogP contribution is 2.29. The molecule has 5 heteroatoms. The van der Waals surface area contributed by atoms with Gasteiger partial charge in [-0.15, -0.1) is 0 Å². The molecule has 1 heterocycles. The number of benzene rings is 1. The lowest BCUT2D eigenvalue weighted by molar-refractivity contribution is -0.127. The minimum Gasteiger partial charge on any atom is -0.332 e. The van der Waals surface area contributed by atoms with E-state index >= 15 is 0 Å². The third-order valence-corrected chi connectivity index (χ3v) is 4.47. The first kappa shape index (κ1) is 16.0. The second kappa shape index (κ2) is 7.16. The van der Waals surface area contributed by atoms with Gasteiger partial charge in [-0.05, 0) is 54.3 Å². The molecule has 0 bridgehead atoms. The fourth-order valence-corrected chi connectivity index (χ4v) is 2.64. The predicted octanol–water partition coefficient (Wildman–Crippen LogP) is 4.59. The molecule has 1 saturated carbocycles. The van der Waals surface area contributed by atoms with Gasteiger partial charge in [-0.2, -0.15) is 0 Å². The Morgan fingerprint density at radius 1 is 1.17 bits per heavy atom. The highest BCUT2D eigenvalue weighted by atomic mass is 35.5. The van der Waals surface area contributed by atoms with Crippen LogP contribution in [0.2, 0.25) is 10.0 Å². The van der Waals surface area contributed by atoms with Gasteiger partial charge < -0.3 is 4.90 Å². The molecule has 1 fully saturated rings. The average molecular weight is 347 g/mol. The van der Waals surface area contributed by atoms with Crippen molar-refractivity contribution in [3.8, 4) is 0 Å². The molecule has 0 spiro atoms. The molecular formula is C18H16Cl2N2O. The fraction of sp³-hybridized carbons (Fsp3) is 0.222. The van der Waals surface area contributed by atoms with E-state index in [1.165, 1.54) is 0 Å². The van der Waals surface area contributed by atoms with Crippen LogP contribution in [0.3, 0.4) is 0 Å². The van der Waals surface area contributed by atoms with E-state index in [1.807, 2.05) is 23.1 Å². The van der Waals surface area contributed by atoms with Crippen molar-refractivity contribution in [2.24, 2.45) is 0 Å². The summed E-state index contributed by atoms with van der Waals surface area (Å²) in [7, 11) is 0. The Balaban J connectivity index is 1.71. The van der Waals surface area contributed by atoms with Crippen LogP contribution in [-0.2, 0) is 11.3 Å². The van der Waals surface area contributed by atoms with Crippen LogP contribution >= 0.6 is 23.2 Å². The molecule has 118 valence electrons. The predicted molar refractivity (Wildman–Crippen MR) is 93.3 cm³/mol. The van der Waals surface area contributed by atoms with Crippen molar-refractivity contribution in [1.29, 1.82) is 0 Å². The van der Waals surface area contributed by atoms with Crippen LogP contribution in [0.1, 0.15) is 24.0 Å². The number of carbonyl (C=O) groups is 1. The second-order valence-corrected chi connectivity index (χ2v) is 6.37. The highest BCUT2D eigenvalue weighted by molar-refractivity contribution is 6.42. The molecule has 0 saturated heterocycles. The number of nitrogens with zero attached hydrogens (tertiary/aromatic N) is 2. The molecule has 23 heavy (non-hydrogen) atoms. The first-order chi connectivity index (χ1) is 11.1. The zero-order valence-corrected chi connectivity index (χ0v) is 14.0. The van der Waals surface area contributed by atoms with E-state index in [-0.39, 0.29) is 5.91 Å². The summed E-state index contributed by atoms with van der Waals surface area (Å²) in [5.74, 6) is 0.00962. The summed E-state index contributed by atoms with van der Waals surface area (Å²) < 4.78 is 0. The van der Waals surface area contributed by atoms with Gasteiger partial charge in [-0.3, -0.25) is 9.78 Å². The number of rotatable bonds is 5. The van der Waals surface area contributed by atoms with E-state index in [0.29, 0.717) is 22.6 Å². The summed E-state index contributed by atoms with van der Waals surface area (Å²) in [6.07, 6.45) is 8.99. The minimum absolute atomic E-state index is 0.00962. The van der Waals surface area contributed by atoms with Crippen molar-refractivity contribution in [2.75, 3.05) is 0 Å². The lowest BCUT2D eigenvalue weighted by Crippen LogP contribution is -2.31. The minimum atomic E-state index is 0.00962. The topological polar surface area (TPSA) is 33.2 Å². The molecule has 1 aromatic heterocycles. The van der Waals surface area contributed by atoms with Crippen LogP contribution in [0, 0.1) is 0 Å². The van der Waals surface area contributed by atoms with E-state index in [9.17, 15) is 4.79 Å². The number of amides is 1. The molecule has 0 N–H and O–H groups in total. The Morgan fingerprint density at radius 3 is 2.57 bits per heavy atom. The van der Waals surface area contributed by atoms with E-state index in [2.05, 4.69) is 4.98 Å². The Morgan fingerprint density at radius 2 is 1.91 bits per heavy atom. The number of hydrogen-bond acceptors (Lipinski definition) is 2. The zero-order valence-electron chi connectivity index (χ0n) is 12.5. The van der Waals surface area contributed by atoms with Crippen LogP contribution in [0.25, 0.3) is 6.08 Å². The van der Waals surface area contributed by atoms with Gasteiger partial charge in [0, 0.05) is 31.1 Å². The quantitative estimate of drug-likeness (QED) is 0.741. The molecule has 1 aliphatic carbocycles. The van der Waals surface area contributed by atoms with Gasteiger partial charge in [0.2, 0.25) is 5.91 Å². The summed E-state index contributed by atoms with van der Waals surface area (Å²) >= 11 is 11.9. The van der Waals surface area contributed by atoms with Crippen LogP contribution < -0.4 is 0 Å². The van der Waals surface area contributed by atoms with E-state index in [4.69, 9.17) is 23.2 Å². The van der Waals surface area contributed by atoms with E-state index < -0.39 is 0 Å². The molecular weight excluding hydrogens is 331 g/mol. The molecule has 0 unspecified atom stereocenters. The van der Waals surface area contributed by atoms with Gasteiger partial charge >= 0.3 is 0 Å². The van der Waals surface area contributed by atoms with Crippen LogP contribution in [0.15, 0.2) is 48.8 Å². The SMILES string of the molecule is O=C(/C=C/c1ccc(Cl)c(Cl)c1)N(Cc1ccncc1)C1CC1. The standard InChI is InChI=1S/C18H16Cl2N2O/c19-16-5-1-13(11-17(16)20)2-6-18(23)22(15-3-4-15)12-14-7-9-21-10-8-14/h1-2,5-11,15H,3-4,12H2/b6-2+. The molecule has 3 nitrogen and oxygen atoms in total. The normalized spacial score (nSPS) is 14.2. The number of aromatic nitrogens is 1. The zero-order chi connectivity index (χ0) is 16.2. The van der Waals surface area contributed by atoms with E-state index in [0.717, 1.165) is 24.0 Å². The summed E-state index contributed by atoms with van der Waals surface area (Å²) in [6, 6.07) is 9.52. The maximum atomic E-state index is 12.5. The van der Waals surface area contributed by atoms with Crippen molar-refractivity contribution < 1.29 is 4.79 Å². The maximum Gasteiger partial charge on any atom is 0.247 e. The molecule has 1 amide bonds. The third-order valence-electron chi connectivity index (χ3n) is 3.74. The van der Waals surface area contributed by atoms with Crippen molar-refractivity contribution in [3.63, 3.8) is 0 Å². The van der Waals surface area contributed by atoms with Gasteiger partial charge in [-0.1, -0.05) is 29.3 Å². The van der Waals surface area contributed by atoms with Gasteiger partial charge in [-0.25, -0.2) is 0 Å². The molecule has 0 atom stereocenters. The first-order valence-corrected chi connectivity index (χ1v) is 8.22. The van der Waals surface area contributed by atoms with Crippen LogP contribution in [0.5, 0.6) is 0 Å². The number of halogens is 2. The van der Waals surface area contributed by atoms with Crippen molar-refractivity contribution in [3.05, 3.63) is 70.0 Å². The molecule has 1 aromatic carbocycles. The van der Waals surface area contributed by atoms with Crippen LogP contribution in [-0.4, -0.2) is 21.8 Å². The largest absolute Gasteiger partial charge is 0.332 e. The Kier molecular flexibility index (Phi) is 4.99. The van der Waals surface area contributed by atoms with Crippen LogP contribution in [0.4, 0.5) is 0 Å². The maximum absolute atomic E-state index is 12.5. The molecule has 0 radical (unpaired) electrons. The molecule has 1 aliphatic rings. The van der Waals surface area contributed by atoms with Crippen molar-refractivity contribution in [2.45, 2.75) is 25.4 Å². The summed E-state index contributed by atoms with van der Waals surface area (Å²) in [5, 5.41) is 0.990. The molecule has 2 aromatic rings. The van der Waals surface area contributed by atoms with Gasteiger partial charge in [0.05, 0.1) is 10.0 Å². The molecule has 0 aliphatic heterocycles. The smallest absolute Gasteiger partial charge is 0.247 e. The Bertz CT molecular complexity index is 727. The second-order valence-electron chi connectivity index (χ2n) is 5.56. The average Bonchev–Trinajstić information content (AvgIpc) is 3.39. The lowest BCUT2D eigenvalue weighted by Gasteiger charge is -2.20. The highest BCUT2D eigenvalue weighted by Gasteiger charge is 2.31. The summed E-state index contributed by atoms with van der Waals surface area (Å²) in [5.41, 5.74) is 1.94. The monoisotopic (exact) mass is 346 g/mol. The Hall–Kier alpha value is -1.84. The van der Waals surface area contributed by atoms with Gasteiger partial charge in [0.15, 0.2) is 0 Å². The van der Waals surface area contributed by atoms with Gasteiger partial charge in [0.25, 0.3) is 0 Å². The van der Waals surface area contributed by atoms with Gasteiger partial charge in [0.1, 0.15) is 0 Å². The first-order valence-electron chi connectivity index (χ1n) is 7.46. The summed E-state index contributed by atoms with van der Waals surface area (Å²) in [6.45, 7) is 0.609. The van der Waals surface area contributed by atoms with E-state index in [1.54, 1.807) is 36.7 Å². The Labute approximate surface area is 145 Å². The third kappa shape index (κ3) is 4.34. The molecule has 3 rings (SSSR count). The number of pyridine rings is 1. The fourth-order valence-electron chi connectivity index (χ4n) is 2.34. The number of hydrogen-bond donors (Lipinski definition) is 0. The number of carbonyl (C=O) groups excluding carboxylic acids is 1. The summed E-state index contributed by atoms with van der Waals surface area (Å²) in [4.78, 5) is 18.4.